The number of amides is 4. The largest absolute Gasteiger partial charge is 0.383 e. The standard InChI is InChI=1S/C13H18N4O4/c1-14-10-7(6-16(2)3)12(20)17(13(10)21)8-4-5-9(18)15-11(8)19/h8,14H,4-6H2,1-3H3,(H,15,18,19). The molecular weight excluding hydrogens is 276 g/mol. The molecule has 0 aromatic rings. The Hall–Kier alpha value is -2.22. The Balaban J connectivity index is 2.28. The molecule has 0 spiro atoms. The number of nitrogens with one attached hydrogen (secondary N) is 2. The fourth-order valence-corrected chi connectivity index (χ4v) is 2.53. The van der Waals surface area contributed by atoms with Crippen molar-refractivity contribution in [2.24, 2.45) is 0 Å². The zero-order valence-electron chi connectivity index (χ0n) is 12.2. The molecule has 1 atom stereocenters. The molecular formula is C13H18N4O4. The molecule has 0 bridgehead atoms. The fraction of sp³-hybridized carbons (Fsp3) is 0.538. The Kier molecular flexibility index (Phi) is 4.08. The molecule has 21 heavy (non-hydrogen) atoms. The first kappa shape index (κ1) is 15.2. The van der Waals surface area contributed by atoms with E-state index < -0.39 is 23.8 Å². The number of hydrogen-bond donors (Lipinski definition) is 2. The van der Waals surface area contributed by atoms with Crippen molar-refractivity contribution in [3.05, 3.63) is 11.3 Å². The van der Waals surface area contributed by atoms with Crippen molar-refractivity contribution in [3.63, 3.8) is 0 Å². The molecule has 2 rings (SSSR count). The second-order valence-electron chi connectivity index (χ2n) is 5.29. The molecule has 8 heteroatoms. The van der Waals surface area contributed by atoms with Gasteiger partial charge in [-0.3, -0.25) is 29.4 Å². The Morgan fingerprint density at radius 1 is 1.24 bits per heavy atom. The summed E-state index contributed by atoms with van der Waals surface area (Å²) in [5.74, 6) is -1.98. The number of rotatable bonds is 4. The second kappa shape index (κ2) is 5.65. The highest BCUT2D eigenvalue weighted by molar-refractivity contribution is 6.21. The third kappa shape index (κ3) is 2.66. The molecule has 8 nitrogen and oxygen atoms in total. The predicted octanol–water partition coefficient (Wildman–Crippen LogP) is -1.80. The molecule has 0 radical (unpaired) electrons. The number of imide groups is 2. The average molecular weight is 294 g/mol. The van der Waals surface area contributed by atoms with E-state index >= 15 is 0 Å². The van der Waals surface area contributed by atoms with E-state index in [-0.39, 0.29) is 24.4 Å². The van der Waals surface area contributed by atoms with Crippen LogP contribution in [0.5, 0.6) is 0 Å². The smallest absolute Gasteiger partial charge is 0.278 e. The van der Waals surface area contributed by atoms with E-state index in [0.29, 0.717) is 12.1 Å². The normalized spacial score (nSPS) is 23.2. The van der Waals surface area contributed by atoms with Gasteiger partial charge in [-0.25, -0.2) is 0 Å². The molecule has 2 aliphatic rings. The maximum Gasteiger partial charge on any atom is 0.278 e. The van der Waals surface area contributed by atoms with Crippen molar-refractivity contribution in [1.29, 1.82) is 0 Å². The van der Waals surface area contributed by atoms with Gasteiger partial charge in [-0.1, -0.05) is 0 Å². The van der Waals surface area contributed by atoms with Gasteiger partial charge in [0.15, 0.2) is 0 Å². The first-order valence-electron chi connectivity index (χ1n) is 6.64. The lowest BCUT2D eigenvalue weighted by molar-refractivity contribution is -0.150. The van der Waals surface area contributed by atoms with Crippen LogP contribution in [-0.4, -0.2) is 67.2 Å². The molecule has 2 N–H and O–H groups in total. The monoisotopic (exact) mass is 294 g/mol. The van der Waals surface area contributed by atoms with Crippen LogP contribution in [0.1, 0.15) is 12.8 Å². The first-order valence-corrected chi connectivity index (χ1v) is 6.64. The van der Waals surface area contributed by atoms with E-state index in [1.54, 1.807) is 26.0 Å². The van der Waals surface area contributed by atoms with Crippen LogP contribution in [0.2, 0.25) is 0 Å². The minimum Gasteiger partial charge on any atom is -0.383 e. The van der Waals surface area contributed by atoms with E-state index in [9.17, 15) is 19.2 Å². The molecule has 0 saturated carbocycles. The molecule has 114 valence electrons. The van der Waals surface area contributed by atoms with Crippen molar-refractivity contribution >= 4 is 23.6 Å². The highest BCUT2D eigenvalue weighted by atomic mass is 16.2. The summed E-state index contributed by atoms with van der Waals surface area (Å²) in [4.78, 5) is 50.6. The highest BCUT2D eigenvalue weighted by Gasteiger charge is 2.45. The van der Waals surface area contributed by atoms with Gasteiger partial charge >= 0.3 is 0 Å². The zero-order chi connectivity index (χ0) is 15.7. The highest BCUT2D eigenvalue weighted by Crippen LogP contribution is 2.25. The lowest BCUT2D eigenvalue weighted by Gasteiger charge is -2.28. The number of hydrogen-bond acceptors (Lipinski definition) is 6. The number of carbonyl (C=O) groups excluding carboxylic acids is 4. The zero-order valence-corrected chi connectivity index (χ0v) is 12.2. The van der Waals surface area contributed by atoms with Gasteiger partial charge in [0.05, 0.1) is 5.57 Å². The van der Waals surface area contributed by atoms with Gasteiger partial charge < -0.3 is 10.2 Å². The SMILES string of the molecule is CNC1=C(CN(C)C)C(=O)N(C2CCC(=O)NC2=O)C1=O. The molecule has 1 unspecified atom stereocenters. The van der Waals surface area contributed by atoms with E-state index in [1.807, 2.05) is 0 Å². The van der Waals surface area contributed by atoms with Gasteiger partial charge in [-0.15, -0.1) is 0 Å². The third-order valence-corrected chi connectivity index (χ3v) is 3.46. The Morgan fingerprint density at radius 3 is 2.43 bits per heavy atom. The summed E-state index contributed by atoms with van der Waals surface area (Å²) >= 11 is 0. The van der Waals surface area contributed by atoms with Crippen molar-refractivity contribution in [1.82, 2.24) is 20.4 Å². The summed E-state index contributed by atoms with van der Waals surface area (Å²) in [6.07, 6.45) is 0.278. The number of likely N-dealkylation sites (N-methyl/N-ethyl adjacent to an activating group) is 2. The summed E-state index contributed by atoms with van der Waals surface area (Å²) < 4.78 is 0. The van der Waals surface area contributed by atoms with E-state index in [4.69, 9.17) is 0 Å². The van der Waals surface area contributed by atoms with Crippen LogP contribution in [0.4, 0.5) is 0 Å². The molecule has 1 fully saturated rings. The Bertz CT molecular complexity index is 552. The van der Waals surface area contributed by atoms with Crippen LogP contribution in [0.3, 0.4) is 0 Å². The van der Waals surface area contributed by atoms with Crippen LogP contribution in [0.15, 0.2) is 11.3 Å². The van der Waals surface area contributed by atoms with Gasteiger partial charge in [0.25, 0.3) is 11.8 Å². The predicted molar refractivity (Wildman–Crippen MR) is 72.7 cm³/mol. The van der Waals surface area contributed by atoms with Gasteiger partial charge in [-0.2, -0.15) is 0 Å². The minimum absolute atomic E-state index is 0.116. The van der Waals surface area contributed by atoms with Gasteiger partial charge in [-0.05, 0) is 20.5 Å². The molecule has 0 aromatic carbocycles. The van der Waals surface area contributed by atoms with E-state index in [0.717, 1.165) is 4.90 Å². The quantitative estimate of drug-likeness (QED) is 0.593. The molecule has 1 saturated heterocycles. The summed E-state index contributed by atoms with van der Waals surface area (Å²) in [5.41, 5.74) is 0.538. The number of piperidine rings is 1. The van der Waals surface area contributed by atoms with E-state index in [2.05, 4.69) is 10.6 Å². The van der Waals surface area contributed by atoms with Crippen molar-refractivity contribution in [2.75, 3.05) is 27.7 Å². The van der Waals surface area contributed by atoms with Gasteiger partial charge in [0.1, 0.15) is 11.7 Å². The average Bonchev–Trinajstić information content (AvgIpc) is 2.61. The van der Waals surface area contributed by atoms with Crippen LogP contribution in [0, 0.1) is 0 Å². The van der Waals surface area contributed by atoms with Crippen LogP contribution >= 0.6 is 0 Å². The number of carbonyl (C=O) groups is 4. The summed E-state index contributed by atoms with van der Waals surface area (Å²) in [6.45, 7) is 0.296. The molecule has 2 heterocycles. The van der Waals surface area contributed by atoms with Crippen molar-refractivity contribution in [3.8, 4) is 0 Å². The number of nitrogens with zero attached hydrogens (tertiary/aromatic N) is 2. The lowest BCUT2D eigenvalue weighted by Crippen LogP contribution is -2.55. The lowest BCUT2D eigenvalue weighted by atomic mass is 10.0. The summed E-state index contributed by atoms with van der Waals surface area (Å²) in [7, 11) is 5.13. The van der Waals surface area contributed by atoms with Crippen molar-refractivity contribution in [2.45, 2.75) is 18.9 Å². The van der Waals surface area contributed by atoms with Crippen molar-refractivity contribution < 1.29 is 19.2 Å². The van der Waals surface area contributed by atoms with Gasteiger partial charge in [0.2, 0.25) is 11.8 Å². The Morgan fingerprint density at radius 2 is 1.90 bits per heavy atom. The molecule has 0 aliphatic carbocycles. The summed E-state index contributed by atoms with van der Waals surface area (Å²) in [6, 6.07) is -0.925. The fourth-order valence-electron chi connectivity index (χ4n) is 2.53. The van der Waals surface area contributed by atoms with E-state index in [1.165, 1.54) is 0 Å². The Labute approximate surface area is 122 Å². The molecule has 0 aromatic heterocycles. The first-order chi connectivity index (χ1) is 9.86. The second-order valence-corrected chi connectivity index (χ2v) is 5.29. The van der Waals surface area contributed by atoms with Crippen LogP contribution in [-0.2, 0) is 19.2 Å². The van der Waals surface area contributed by atoms with Crippen LogP contribution < -0.4 is 10.6 Å². The molecule has 4 amide bonds. The topological polar surface area (TPSA) is 98.8 Å². The maximum absolute atomic E-state index is 12.5. The maximum atomic E-state index is 12.5. The van der Waals surface area contributed by atoms with Gasteiger partial charge in [0, 0.05) is 20.0 Å². The molecule has 2 aliphatic heterocycles. The third-order valence-electron chi connectivity index (χ3n) is 3.46. The summed E-state index contributed by atoms with van der Waals surface area (Å²) in [5, 5.41) is 4.90. The van der Waals surface area contributed by atoms with Crippen LogP contribution in [0.25, 0.3) is 0 Å². The minimum atomic E-state index is -0.925.